The average molecular weight is 484 g/mol. The lowest BCUT2D eigenvalue weighted by atomic mass is 10.0. The summed E-state index contributed by atoms with van der Waals surface area (Å²) in [7, 11) is -3.89. The van der Waals surface area contributed by atoms with Crippen molar-refractivity contribution in [1.82, 2.24) is 10.6 Å². The minimum Gasteiger partial charge on any atom is -0.331 e. The number of halogens is 2. The number of amides is 2. The minimum atomic E-state index is -3.89. The van der Waals surface area contributed by atoms with Gasteiger partial charge in [-0.2, -0.15) is 0 Å². The summed E-state index contributed by atoms with van der Waals surface area (Å²) < 4.78 is 52.3. The standard InChI is InChI=1S/C21H23F2N3O4S2/c1-12(2)13-3-6-15(7-4-13)32(29,30)18-10-24-21(26-20(18)28)31-11-19(27)25-17-8-5-14(22)9-16(17)23/h3-9,12,18,21,24H,10-11H2,1-2H3,(H,25,27)(H,26,28). The fourth-order valence-electron chi connectivity index (χ4n) is 3.07. The first-order valence-electron chi connectivity index (χ1n) is 9.82. The molecule has 0 saturated carbocycles. The van der Waals surface area contributed by atoms with Crippen LogP contribution in [0.15, 0.2) is 47.4 Å². The molecular formula is C21H23F2N3O4S2. The first-order valence-corrected chi connectivity index (χ1v) is 12.4. The van der Waals surface area contributed by atoms with Crippen molar-refractivity contribution in [3.8, 4) is 0 Å². The van der Waals surface area contributed by atoms with E-state index in [0.717, 1.165) is 29.5 Å². The number of carbonyl (C=O) groups excluding carboxylic acids is 2. The zero-order chi connectivity index (χ0) is 23.5. The van der Waals surface area contributed by atoms with Gasteiger partial charge in [-0.15, -0.1) is 11.8 Å². The van der Waals surface area contributed by atoms with E-state index in [-0.39, 0.29) is 28.8 Å². The third-order valence-corrected chi connectivity index (χ3v) is 8.00. The molecule has 0 aliphatic carbocycles. The highest BCUT2D eigenvalue weighted by atomic mass is 32.2. The van der Waals surface area contributed by atoms with Gasteiger partial charge in [-0.1, -0.05) is 26.0 Å². The van der Waals surface area contributed by atoms with E-state index in [1.54, 1.807) is 12.1 Å². The SMILES string of the molecule is CC(C)c1ccc(S(=O)(=O)C2CNC(SCC(=O)Nc3ccc(F)cc3F)NC2=O)cc1. The van der Waals surface area contributed by atoms with Crippen LogP contribution in [0.5, 0.6) is 0 Å². The molecule has 0 aromatic heterocycles. The van der Waals surface area contributed by atoms with Crippen LogP contribution in [-0.4, -0.2) is 43.3 Å². The summed E-state index contributed by atoms with van der Waals surface area (Å²) in [6, 6.07) is 9.24. The van der Waals surface area contributed by atoms with Gasteiger partial charge >= 0.3 is 0 Å². The van der Waals surface area contributed by atoms with Gasteiger partial charge in [-0.05, 0) is 35.7 Å². The monoisotopic (exact) mass is 483 g/mol. The molecule has 2 amide bonds. The number of hydrogen-bond donors (Lipinski definition) is 3. The van der Waals surface area contributed by atoms with E-state index in [0.29, 0.717) is 6.07 Å². The Kier molecular flexibility index (Phi) is 7.52. The van der Waals surface area contributed by atoms with Crippen molar-refractivity contribution in [2.24, 2.45) is 0 Å². The Labute approximate surface area is 189 Å². The van der Waals surface area contributed by atoms with E-state index in [9.17, 15) is 26.8 Å². The smallest absolute Gasteiger partial charge is 0.241 e. The molecule has 0 spiro atoms. The van der Waals surface area contributed by atoms with Crippen LogP contribution in [0.2, 0.25) is 0 Å². The van der Waals surface area contributed by atoms with Gasteiger partial charge in [-0.3, -0.25) is 14.9 Å². The number of rotatable bonds is 7. The van der Waals surface area contributed by atoms with Crippen LogP contribution in [0.4, 0.5) is 14.5 Å². The topological polar surface area (TPSA) is 104 Å². The summed E-state index contributed by atoms with van der Waals surface area (Å²) in [5, 5.41) is 6.45. The van der Waals surface area contributed by atoms with Crippen molar-refractivity contribution < 1.29 is 26.8 Å². The molecule has 3 N–H and O–H groups in total. The van der Waals surface area contributed by atoms with E-state index in [1.807, 2.05) is 13.8 Å². The van der Waals surface area contributed by atoms with Gasteiger partial charge in [0.1, 0.15) is 17.1 Å². The molecule has 172 valence electrons. The molecule has 2 aromatic carbocycles. The minimum absolute atomic E-state index is 0.0654. The Bertz CT molecular complexity index is 1110. The fourth-order valence-corrected chi connectivity index (χ4v) is 5.39. The maximum Gasteiger partial charge on any atom is 0.241 e. The Morgan fingerprint density at radius 1 is 1.19 bits per heavy atom. The van der Waals surface area contributed by atoms with Crippen molar-refractivity contribution >= 4 is 39.1 Å². The second-order valence-corrected chi connectivity index (χ2v) is 10.8. The van der Waals surface area contributed by atoms with Crippen LogP contribution >= 0.6 is 11.8 Å². The second kappa shape index (κ2) is 9.97. The molecule has 1 fully saturated rings. The molecule has 1 aliphatic rings. The molecule has 11 heteroatoms. The molecule has 7 nitrogen and oxygen atoms in total. The first kappa shape index (κ1) is 24.1. The van der Waals surface area contributed by atoms with Crippen LogP contribution in [0.1, 0.15) is 25.3 Å². The normalized spacial score (nSPS) is 19.0. The average Bonchev–Trinajstić information content (AvgIpc) is 2.74. The summed E-state index contributed by atoms with van der Waals surface area (Å²) in [5.74, 6) is -2.79. The highest BCUT2D eigenvalue weighted by Gasteiger charge is 2.38. The van der Waals surface area contributed by atoms with E-state index in [2.05, 4.69) is 16.0 Å². The molecule has 2 unspecified atom stereocenters. The number of sulfone groups is 1. The number of nitrogens with one attached hydrogen (secondary N) is 3. The lowest BCUT2D eigenvalue weighted by Crippen LogP contribution is -2.59. The van der Waals surface area contributed by atoms with E-state index in [4.69, 9.17) is 0 Å². The Balaban J connectivity index is 1.55. The van der Waals surface area contributed by atoms with Crippen LogP contribution < -0.4 is 16.0 Å². The number of thioether (sulfide) groups is 1. The van der Waals surface area contributed by atoms with Crippen LogP contribution in [0.25, 0.3) is 0 Å². The van der Waals surface area contributed by atoms with Crippen molar-refractivity contribution in [1.29, 1.82) is 0 Å². The summed E-state index contributed by atoms with van der Waals surface area (Å²) >= 11 is 1.00. The number of anilines is 1. The van der Waals surface area contributed by atoms with Crippen LogP contribution in [0.3, 0.4) is 0 Å². The van der Waals surface area contributed by atoms with Gasteiger partial charge in [0.2, 0.25) is 11.8 Å². The summed E-state index contributed by atoms with van der Waals surface area (Å²) in [5.41, 5.74) is 0.138. The highest BCUT2D eigenvalue weighted by molar-refractivity contribution is 8.00. The number of benzene rings is 2. The van der Waals surface area contributed by atoms with E-state index in [1.165, 1.54) is 12.1 Å². The van der Waals surface area contributed by atoms with Crippen molar-refractivity contribution in [3.05, 3.63) is 59.7 Å². The van der Waals surface area contributed by atoms with Gasteiger partial charge in [-0.25, -0.2) is 17.2 Å². The fraction of sp³-hybridized carbons (Fsp3) is 0.333. The third kappa shape index (κ3) is 5.64. The summed E-state index contributed by atoms with van der Waals surface area (Å²) in [6.45, 7) is 3.87. The van der Waals surface area contributed by atoms with Gasteiger partial charge < -0.3 is 10.6 Å². The largest absolute Gasteiger partial charge is 0.331 e. The number of hydrogen-bond acceptors (Lipinski definition) is 6. The van der Waals surface area contributed by atoms with Crippen molar-refractivity contribution in [3.63, 3.8) is 0 Å². The lowest BCUT2D eigenvalue weighted by molar-refractivity contribution is -0.122. The van der Waals surface area contributed by atoms with E-state index >= 15 is 0 Å². The molecule has 1 heterocycles. The molecule has 1 saturated heterocycles. The number of carbonyl (C=O) groups is 2. The quantitative estimate of drug-likeness (QED) is 0.559. The maximum atomic E-state index is 13.6. The van der Waals surface area contributed by atoms with Crippen LogP contribution in [0, 0.1) is 11.6 Å². The Morgan fingerprint density at radius 3 is 2.47 bits per heavy atom. The predicted octanol–water partition coefficient (Wildman–Crippen LogP) is 2.61. The predicted molar refractivity (Wildman–Crippen MR) is 119 cm³/mol. The third-order valence-electron chi connectivity index (χ3n) is 4.89. The molecule has 2 aromatic rings. The van der Waals surface area contributed by atoms with Gasteiger partial charge in [0.25, 0.3) is 0 Å². The van der Waals surface area contributed by atoms with Gasteiger partial charge in [0.15, 0.2) is 15.1 Å². The maximum absolute atomic E-state index is 13.6. The van der Waals surface area contributed by atoms with Crippen molar-refractivity contribution in [2.75, 3.05) is 17.6 Å². The first-order chi connectivity index (χ1) is 15.1. The Hall–Kier alpha value is -2.50. The molecular weight excluding hydrogens is 460 g/mol. The molecule has 0 radical (unpaired) electrons. The zero-order valence-electron chi connectivity index (χ0n) is 17.4. The molecule has 3 rings (SSSR count). The summed E-state index contributed by atoms with van der Waals surface area (Å²) in [4.78, 5) is 24.6. The lowest BCUT2D eigenvalue weighted by Gasteiger charge is -2.29. The van der Waals surface area contributed by atoms with Gasteiger partial charge in [0.05, 0.1) is 16.3 Å². The summed E-state index contributed by atoms with van der Waals surface area (Å²) in [6.07, 6.45) is 0. The van der Waals surface area contributed by atoms with Crippen molar-refractivity contribution in [2.45, 2.75) is 35.4 Å². The molecule has 1 aliphatic heterocycles. The second-order valence-electron chi connectivity index (χ2n) is 7.54. The zero-order valence-corrected chi connectivity index (χ0v) is 19.0. The molecule has 32 heavy (non-hydrogen) atoms. The molecule has 2 atom stereocenters. The van der Waals surface area contributed by atoms with Crippen LogP contribution in [-0.2, 0) is 19.4 Å². The van der Waals surface area contributed by atoms with Gasteiger partial charge in [0, 0.05) is 12.6 Å². The molecule has 0 bridgehead atoms. The Morgan fingerprint density at radius 2 is 1.88 bits per heavy atom. The van der Waals surface area contributed by atoms with E-state index < -0.39 is 44.0 Å². The highest BCUT2D eigenvalue weighted by Crippen LogP contribution is 2.23.